The van der Waals surface area contributed by atoms with Crippen molar-refractivity contribution in [1.29, 1.82) is 0 Å². The molecule has 2 fully saturated rings. The van der Waals surface area contributed by atoms with Gasteiger partial charge >= 0.3 is 0 Å². The second-order valence-electron chi connectivity index (χ2n) is 6.59. The maximum atomic E-state index is 12.7. The highest BCUT2D eigenvalue weighted by Crippen LogP contribution is 2.34. The van der Waals surface area contributed by atoms with Gasteiger partial charge in [0.05, 0.1) is 25.4 Å². The Hall–Kier alpha value is -0.930. The van der Waals surface area contributed by atoms with Crippen LogP contribution in [0.4, 0.5) is 0 Å². The van der Waals surface area contributed by atoms with Crippen LogP contribution in [0.5, 0.6) is 0 Å². The number of hydrogen-bond acceptors (Lipinski definition) is 3. The van der Waals surface area contributed by atoms with Crippen molar-refractivity contribution in [3.8, 4) is 0 Å². The molecule has 3 nitrogen and oxygen atoms in total. The highest BCUT2D eigenvalue weighted by Gasteiger charge is 2.33. The van der Waals surface area contributed by atoms with E-state index in [0.717, 1.165) is 51.4 Å². The number of rotatable bonds is 8. The van der Waals surface area contributed by atoms with Crippen LogP contribution in [-0.4, -0.2) is 31.2 Å². The van der Waals surface area contributed by atoms with Crippen molar-refractivity contribution in [2.45, 2.75) is 63.6 Å². The Balaban J connectivity index is 1.70. The minimum Gasteiger partial charge on any atom is -0.374 e. The summed E-state index contributed by atoms with van der Waals surface area (Å²) in [5.74, 6) is 1.03. The summed E-state index contributed by atoms with van der Waals surface area (Å²) in [4.78, 5) is 12.7. The van der Waals surface area contributed by atoms with Crippen molar-refractivity contribution in [2.75, 3.05) is 13.2 Å². The zero-order valence-corrected chi connectivity index (χ0v) is 13.7. The van der Waals surface area contributed by atoms with Gasteiger partial charge in [0.2, 0.25) is 0 Å². The second-order valence-corrected chi connectivity index (χ2v) is 6.59. The van der Waals surface area contributed by atoms with Gasteiger partial charge in [0.25, 0.3) is 0 Å². The van der Waals surface area contributed by atoms with Crippen molar-refractivity contribution in [2.24, 2.45) is 11.8 Å². The van der Waals surface area contributed by atoms with Crippen LogP contribution in [0.25, 0.3) is 0 Å². The van der Waals surface area contributed by atoms with E-state index >= 15 is 0 Å². The lowest BCUT2D eigenvalue weighted by atomic mass is 9.75. The van der Waals surface area contributed by atoms with E-state index in [2.05, 4.69) is 13.2 Å². The molecule has 2 saturated carbocycles. The van der Waals surface area contributed by atoms with Gasteiger partial charge in [-0.3, -0.25) is 4.79 Å². The first-order chi connectivity index (χ1) is 10.7. The SMILES string of the molecule is C=CCOC1CCC(C(=O)C2CCC(OCC=C)CC2)CC1. The van der Waals surface area contributed by atoms with Crippen LogP contribution in [0.1, 0.15) is 51.4 Å². The Bertz CT molecular complexity index is 327. The predicted octanol–water partition coefficient (Wildman–Crippen LogP) is 4.08. The van der Waals surface area contributed by atoms with Crippen molar-refractivity contribution in [3.63, 3.8) is 0 Å². The average Bonchev–Trinajstić information content (AvgIpc) is 2.58. The third-order valence-electron chi connectivity index (χ3n) is 5.05. The molecule has 22 heavy (non-hydrogen) atoms. The molecule has 0 aromatic carbocycles. The largest absolute Gasteiger partial charge is 0.374 e. The Labute approximate surface area is 134 Å². The van der Waals surface area contributed by atoms with E-state index in [1.54, 1.807) is 12.2 Å². The molecule has 2 aliphatic rings. The standard InChI is InChI=1S/C19H30O3/c1-3-13-21-17-9-5-15(6-10-17)19(20)16-7-11-18(12-8-16)22-14-4-2/h3-4,15-18H,1-2,5-14H2. The van der Waals surface area contributed by atoms with Crippen molar-refractivity contribution in [3.05, 3.63) is 25.3 Å². The van der Waals surface area contributed by atoms with E-state index < -0.39 is 0 Å². The molecule has 0 aromatic rings. The smallest absolute Gasteiger partial charge is 0.139 e. The Morgan fingerprint density at radius 3 is 1.45 bits per heavy atom. The first kappa shape index (κ1) is 17.4. The number of Topliss-reactive ketones (excluding diaryl/α,β-unsaturated/α-hetero) is 1. The molecular weight excluding hydrogens is 276 g/mol. The molecule has 0 spiro atoms. The van der Waals surface area contributed by atoms with Gasteiger partial charge in [0, 0.05) is 11.8 Å². The molecule has 0 N–H and O–H groups in total. The summed E-state index contributed by atoms with van der Waals surface area (Å²) in [6.45, 7) is 8.60. The number of carbonyl (C=O) groups excluding carboxylic acids is 1. The van der Waals surface area contributed by atoms with Gasteiger partial charge in [-0.25, -0.2) is 0 Å². The Kier molecular flexibility index (Phi) is 7.34. The quantitative estimate of drug-likeness (QED) is 0.634. The fraction of sp³-hybridized carbons (Fsp3) is 0.737. The van der Waals surface area contributed by atoms with Gasteiger partial charge in [-0.15, -0.1) is 13.2 Å². The van der Waals surface area contributed by atoms with Gasteiger partial charge < -0.3 is 9.47 Å². The molecule has 0 aliphatic heterocycles. The molecule has 0 unspecified atom stereocenters. The highest BCUT2D eigenvalue weighted by atomic mass is 16.5. The lowest BCUT2D eigenvalue weighted by molar-refractivity contribution is -0.130. The molecule has 0 radical (unpaired) electrons. The molecule has 124 valence electrons. The Morgan fingerprint density at radius 2 is 1.14 bits per heavy atom. The summed E-state index contributed by atoms with van der Waals surface area (Å²) in [5, 5.41) is 0. The minimum atomic E-state index is 0.263. The van der Waals surface area contributed by atoms with E-state index in [1.165, 1.54) is 0 Å². The lowest BCUT2D eigenvalue weighted by Gasteiger charge is -2.33. The predicted molar refractivity (Wildman–Crippen MR) is 88.8 cm³/mol. The summed E-state index contributed by atoms with van der Waals surface area (Å²) < 4.78 is 11.4. The summed E-state index contributed by atoms with van der Waals surface area (Å²) in [7, 11) is 0. The molecule has 0 aromatic heterocycles. The third kappa shape index (κ3) is 5.06. The first-order valence-corrected chi connectivity index (χ1v) is 8.73. The van der Waals surface area contributed by atoms with Gasteiger partial charge in [-0.05, 0) is 51.4 Å². The topological polar surface area (TPSA) is 35.5 Å². The van der Waals surface area contributed by atoms with Crippen LogP contribution in [0.3, 0.4) is 0 Å². The molecule has 0 amide bonds. The van der Waals surface area contributed by atoms with Crippen molar-refractivity contribution >= 4 is 5.78 Å². The maximum absolute atomic E-state index is 12.7. The van der Waals surface area contributed by atoms with Crippen LogP contribution in [0.15, 0.2) is 25.3 Å². The Morgan fingerprint density at radius 1 is 0.773 bits per heavy atom. The molecule has 0 atom stereocenters. The summed E-state index contributed by atoms with van der Waals surface area (Å²) in [6.07, 6.45) is 12.3. The molecule has 0 heterocycles. The van der Waals surface area contributed by atoms with Crippen LogP contribution in [0, 0.1) is 11.8 Å². The summed E-state index contributed by atoms with van der Waals surface area (Å²) in [6, 6.07) is 0. The van der Waals surface area contributed by atoms with Gasteiger partial charge in [0.1, 0.15) is 5.78 Å². The molecule has 3 heteroatoms. The van der Waals surface area contributed by atoms with E-state index in [1.807, 2.05) is 0 Å². The van der Waals surface area contributed by atoms with E-state index in [0.29, 0.717) is 31.2 Å². The molecular formula is C19H30O3. The molecule has 0 bridgehead atoms. The van der Waals surface area contributed by atoms with Crippen LogP contribution in [-0.2, 0) is 14.3 Å². The third-order valence-corrected chi connectivity index (χ3v) is 5.05. The molecule has 0 saturated heterocycles. The average molecular weight is 306 g/mol. The monoisotopic (exact) mass is 306 g/mol. The van der Waals surface area contributed by atoms with Crippen molar-refractivity contribution in [1.82, 2.24) is 0 Å². The highest BCUT2D eigenvalue weighted by molar-refractivity contribution is 5.83. The lowest BCUT2D eigenvalue weighted by Crippen LogP contribution is -2.33. The number of carbonyl (C=O) groups is 1. The summed E-state index contributed by atoms with van der Waals surface area (Å²) in [5.41, 5.74) is 0. The molecule has 2 rings (SSSR count). The van der Waals surface area contributed by atoms with E-state index in [9.17, 15) is 4.79 Å². The summed E-state index contributed by atoms with van der Waals surface area (Å²) >= 11 is 0. The fourth-order valence-corrected chi connectivity index (χ4v) is 3.77. The van der Waals surface area contributed by atoms with Crippen LogP contribution >= 0.6 is 0 Å². The fourth-order valence-electron chi connectivity index (χ4n) is 3.77. The van der Waals surface area contributed by atoms with E-state index in [4.69, 9.17) is 9.47 Å². The maximum Gasteiger partial charge on any atom is 0.139 e. The number of hydrogen-bond donors (Lipinski definition) is 0. The second kappa shape index (κ2) is 9.26. The van der Waals surface area contributed by atoms with Gasteiger partial charge in [-0.1, -0.05) is 12.2 Å². The number of ether oxygens (including phenoxy) is 2. The van der Waals surface area contributed by atoms with Crippen LogP contribution < -0.4 is 0 Å². The van der Waals surface area contributed by atoms with Crippen LogP contribution in [0.2, 0.25) is 0 Å². The normalized spacial score (nSPS) is 32.4. The zero-order valence-electron chi connectivity index (χ0n) is 13.7. The molecule has 2 aliphatic carbocycles. The minimum absolute atomic E-state index is 0.263. The number of ketones is 1. The first-order valence-electron chi connectivity index (χ1n) is 8.73. The van der Waals surface area contributed by atoms with Crippen molar-refractivity contribution < 1.29 is 14.3 Å². The van der Waals surface area contributed by atoms with Gasteiger partial charge in [0.15, 0.2) is 0 Å². The zero-order chi connectivity index (χ0) is 15.8. The van der Waals surface area contributed by atoms with E-state index in [-0.39, 0.29) is 11.8 Å². The van der Waals surface area contributed by atoms with Gasteiger partial charge in [-0.2, -0.15) is 0 Å².